The first-order valence-corrected chi connectivity index (χ1v) is 17.2. The van der Waals surface area contributed by atoms with Crippen molar-refractivity contribution in [2.45, 2.75) is 24.5 Å². The smallest absolute Gasteiger partial charge is 0.338 e. The molecule has 4 aromatic carbocycles. The fourth-order valence-electron chi connectivity index (χ4n) is 5.15. The second-order valence-corrected chi connectivity index (χ2v) is 13.0. The molecule has 1 aliphatic rings. The van der Waals surface area contributed by atoms with Crippen molar-refractivity contribution in [2.24, 2.45) is 4.99 Å². The van der Waals surface area contributed by atoms with Crippen molar-refractivity contribution in [1.29, 1.82) is 0 Å². The van der Waals surface area contributed by atoms with Crippen molar-refractivity contribution in [1.82, 2.24) is 4.57 Å². The van der Waals surface area contributed by atoms with Gasteiger partial charge in [0.05, 0.1) is 38.5 Å². The molecule has 1 aliphatic heterocycles. The van der Waals surface area contributed by atoms with Crippen molar-refractivity contribution >= 4 is 64.0 Å². The minimum Gasteiger partial charge on any atom is -0.489 e. The van der Waals surface area contributed by atoms with E-state index in [2.05, 4.69) is 0 Å². The summed E-state index contributed by atoms with van der Waals surface area (Å²) in [5.74, 6) is 0.166. The van der Waals surface area contributed by atoms with Crippen LogP contribution in [-0.2, 0) is 16.1 Å². The highest BCUT2D eigenvalue weighted by molar-refractivity contribution is 7.98. The number of thioether (sulfide) groups is 1. The maximum Gasteiger partial charge on any atom is 0.338 e. The molecule has 10 heteroatoms. The van der Waals surface area contributed by atoms with Gasteiger partial charge in [-0.1, -0.05) is 95.2 Å². The normalized spacial score (nSPS) is 14.5. The second-order valence-electron chi connectivity index (χ2n) is 10.3. The third kappa shape index (κ3) is 6.71. The fourth-order valence-corrected chi connectivity index (χ4v) is 6.88. The predicted molar refractivity (Wildman–Crippen MR) is 187 cm³/mol. The van der Waals surface area contributed by atoms with Gasteiger partial charge in [-0.15, -0.1) is 11.8 Å². The van der Waals surface area contributed by atoms with Crippen molar-refractivity contribution in [3.8, 4) is 5.75 Å². The summed E-state index contributed by atoms with van der Waals surface area (Å²) in [4.78, 5) is 34.2. The number of carbonyl (C=O) groups excluding carboxylic acids is 1. The Morgan fingerprint density at radius 2 is 1.72 bits per heavy atom. The Kier molecular flexibility index (Phi) is 9.80. The molecule has 0 aliphatic carbocycles. The number of benzene rings is 4. The molecule has 0 N–H and O–H groups in total. The average molecular weight is 688 g/mol. The monoisotopic (exact) mass is 686 g/mol. The van der Waals surface area contributed by atoms with Gasteiger partial charge in [0.2, 0.25) is 0 Å². The minimum absolute atomic E-state index is 0.195. The molecule has 0 fully saturated rings. The van der Waals surface area contributed by atoms with Gasteiger partial charge in [0.25, 0.3) is 5.56 Å². The van der Waals surface area contributed by atoms with E-state index in [4.69, 9.17) is 37.7 Å². The zero-order chi connectivity index (χ0) is 32.2. The van der Waals surface area contributed by atoms with Crippen LogP contribution in [-0.4, -0.2) is 23.4 Å². The zero-order valence-electron chi connectivity index (χ0n) is 24.9. The number of aromatic nitrogens is 1. The molecule has 1 aromatic heterocycles. The standard InChI is InChI=1S/C36H28Cl2N2O4S2/c1-3-43-35(42)31-32(24-7-5-4-6-8-24)39-36-40(33(31)25-12-16-27(45-2)17-13-25)34(41)30(46-36)20-22-9-14-26(15-10-22)44-21-23-11-18-28(37)29(38)19-23/h4-20,33H,3,21H2,1-2H3/b30-20+/t33-/m1/s1. The Morgan fingerprint density at radius 3 is 2.39 bits per heavy atom. The number of rotatable bonds is 9. The highest BCUT2D eigenvalue weighted by Crippen LogP contribution is 2.35. The van der Waals surface area contributed by atoms with E-state index in [1.807, 2.05) is 97.3 Å². The molecule has 232 valence electrons. The number of hydrogen-bond acceptors (Lipinski definition) is 7. The third-order valence-electron chi connectivity index (χ3n) is 7.37. The van der Waals surface area contributed by atoms with Gasteiger partial charge >= 0.3 is 5.97 Å². The van der Waals surface area contributed by atoms with Gasteiger partial charge in [-0.3, -0.25) is 9.36 Å². The number of thiazole rings is 1. The molecule has 5 aromatic rings. The van der Waals surface area contributed by atoms with Gasteiger partial charge in [-0.25, -0.2) is 9.79 Å². The molecule has 0 unspecified atom stereocenters. The molecule has 2 heterocycles. The number of nitrogens with zero attached hydrogens (tertiary/aromatic N) is 2. The number of hydrogen-bond donors (Lipinski definition) is 0. The summed E-state index contributed by atoms with van der Waals surface area (Å²) in [5, 5.41) is 0.970. The molecule has 0 saturated carbocycles. The van der Waals surface area contributed by atoms with E-state index in [9.17, 15) is 9.59 Å². The Balaban J connectivity index is 1.42. The minimum atomic E-state index is -0.722. The van der Waals surface area contributed by atoms with Crippen LogP contribution in [0.15, 0.2) is 117 Å². The van der Waals surface area contributed by atoms with Crippen LogP contribution in [0.2, 0.25) is 10.0 Å². The lowest BCUT2D eigenvalue weighted by molar-refractivity contribution is -0.138. The largest absolute Gasteiger partial charge is 0.489 e. The van der Waals surface area contributed by atoms with Crippen LogP contribution in [0.25, 0.3) is 11.8 Å². The summed E-state index contributed by atoms with van der Waals surface area (Å²) in [5.41, 5.74) is 3.86. The van der Waals surface area contributed by atoms with Crippen LogP contribution in [0, 0.1) is 0 Å². The second kappa shape index (κ2) is 14.1. The Morgan fingerprint density at radius 1 is 0.978 bits per heavy atom. The first-order chi connectivity index (χ1) is 22.4. The van der Waals surface area contributed by atoms with E-state index in [0.717, 1.165) is 27.1 Å². The number of halogens is 2. The van der Waals surface area contributed by atoms with Crippen molar-refractivity contribution < 1.29 is 14.3 Å². The van der Waals surface area contributed by atoms with E-state index < -0.39 is 12.0 Å². The SMILES string of the molecule is CCOC(=O)C1=C(c2ccccc2)N=c2s/c(=C/c3ccc(OCc4ccc(Cl)c(Cl)c4)cc3)c(=O)n2[C@@H]1c1ccc(SC)cc1. The van der Waals surface area contributed by atoms with Crippen molar-refractivity contribution in [3.05, 3.63) is 155 Å². The van der Waals surface area contributed by atoms with E-state index >= 15 is 0 Å². The summed E-state index contributed by atoms with van der Waals surface area (Å²) in [7, 11) is 0. The van der Waals surface area contributed by atoms with Gasteiger partial charge in [-0.05, 0) is 72.3 Å². The maximum atomic E-state index is 14.1. The van der Waals surface area contributed by atoms with Crippen LogP contribution in [0.3, 0.4) is 0 Å². The topological polar surface area (TPSA) is 69.9 Å². The predicted octanol–water partition coefficient (Wildman–Crippen LogP) is 7.54. The molecule has 6 rings (SSSR count). The van der Waals surface area contributed by atoms with Gasteiger partial charge in [0.15, 0.2) is 4.80 Å². The first-order valence-electron chi connectivity index (χ1n) is 14.5. The zero-order valence-corrected chi connectivity index (χ0v) is 28.1. The molecule has 0 bridgehead atoms. The fraction of sp³-hybridized carbons (Fsp3) is 0.139. The quantitative estimate of drug-likeness (QED) is 0.118. The first kappa shape index (κ1) is 31.9. The maximum absolute atomic E-state index is 14.1. The number of ether oxygens (including phenoxy) is 2. The molecule has 6 nitrogen and oxygen atoms in total. The lowest BCUT2D eigenvalue weighted by atomic mass is 9.93. The summed E-state index contributed by atoms with van der Waals surface area (Å²) in [6.45, 7) is 2.29. The summed E-state index contributed by atoms with van der Waals surface area (Å²) in [6.07, 6.45) is 3.83. The molecule has 46 heavy (non-hydrogen) atoms. The molecule has 0 radical (unpaired) electrons. The van der Waals surface area contributed by atoms with Gasteiger partial charge in [0, 0.05) is 10.5 Å². The van der Waals surface area contributed by atoms with Crippen LogP contribution >= 0.6 is 46.3 Å². The van der Waals surface area contributed by atoms with Crippen LogP contribution < -0.4 is 19.6 Å². The van der Waals surface area contributed by atoms with Gasteiger partial charge in [0.1, 0.15) is 12.4 Å². The van der Waals surface area contributed by atoms with Crippen LogP contribution in [0.1, 0.15) is 35.2 Å². The van der Waals surface area contributed by atoms with E-state index in [1.54, 1.807) is 35.4 Å². The van der Waals surface area contributed by atoms with Gasteiger partial charge in [-0.2, -0.15) is 0 Å². The van der Waals surface area contributed by atoms with E-state index in [1.165, 1.54) is 11.3 Å². The van der Waals surface area contributed by atoms with E-state index in [-0.39, 0.29) is 12.2 Å². The van der Waals surface area contributed by atoms with Crippen LogP contribution in [0.4, 0.5) is 0 Å². The number of fused-ring (bicyclic) bond motifs is 1. The van der Waals surface area contributed by atoms with E-state index in [0.29, 0.717) is 43.0 Å². The molecule has 0 amide bonds. The average Bonchev–Trinajstić information content (AvgIpc) is 3.39. The summed E-state index contributed by atoms with van der Waals surface area (Å²) in [6, 6.07) is 29.6. The van der Waals surface area contributed by atoms with Gasteiger partial charge < -0.3 is 9.47 Å². The molecular weight excluding hydrogens is 659 g/mol. The van der Waals surface area contributed by atoms with Crippen molar-refractivity contribution in [3.63, 3.8) is 0 Å². The third-order valence-corrected chi connectivity index (χ3v) is 9.84. The summed E-state index contributed by atoms with van der Waals surface area (Å²) >= 11 is 15.0. The molecule has 0 saturated heterocycles. The lowest BCUT2D eigenvalue weighted by Crippen LogP contribution is -2.40. The molecular formula is C36H28Cl2N2O4S2. The number of esters is 1. The highest BCUT2D eigenvalue weighted by atomic mass is 35.5. The Hall–Kier alpha value is -4.08. The molecule has 0 spiro atoms. The van der Waals surface area contributed by atoms with Crippen LogP contribution in [0.5, 0.6) is 5.75 Å². The highest BCUT2D eigenvalue weighted by Gasteiger charge is 2.35. The lowest BCUT2D eigenvalue weighted by Gasteiger charge is -2.26. The van der Waals surface area contributed by atoms with Crippen molar-refractivity contribution in [2.75, 3.05) is 12.9 Å². The Bertz CT molecular complexity index is 2110. The Labute approximate surface area is 284 Å². The number of carbonyl (C=O) groups is 1. The molecule has 1 atom stereocenters. The summed E-state index contributed by atoms with van der Waals surface area (Å²) < 4.78 is 13.6.